The highest BCUT2D eigenvalue weighted by atomic mass is 19.3. The number of hydrogen-bond donors (Lipinski definition) is 0. The smallest absolute Gasteiger partial charge is 0.305 e. The Balaban J connectivity index is 1.42. The van der Waals surface area contributed by atoms with E-state index in [0.717, 1.165) is 38.5 Å². The topological polar surface area (TPSA) is 43.4 Å². The molecule has 0 amide bonds. The van der Waals surface area contributed by atoms with E-state index in [1.165, 1.54) is 0 Å². The molecule has 4 rings (SSSR count). The summed E-state index contributed by atoms with van der Waals surface area (Å²) < 4.78 is 29.2. The van der Waals surface area contributed by atoms with Crippen molar-refractivity contribution in [2.24, 2.45) is 23.2 Å². The zero-order valence-corrected chi connectivity index (χ0v) is 12.9. The van der Waals surface area contributed by atoms with Crippen LogP contribution in [0.1, 0.15) is 57.8 Å². The maximum Gasteiger partial charge on any atom is 0.305 e. The van der Waals surface area contributed by atoms with Gasteiger partial charge in [-0.15, -0.1) is 0 Å². The van der Waals surface area contributed by atoms with Crippen LogP contribution in [0, 0.1) is 23.2 Å². The molecule has 4 fully saturated rings. The van der Waals surface area contributed by atoms with Gasteiger partial charge in [0.25, 0.3) is 0 Å². The predicted molar refractivity (Wildman–Crippen MR) is 76.4 cm³/mol. The van der Waals surface area contributed by atoms with Gasteiger partial charge in [0.1, 0.15) is 5.78 Å². The summed E-state index contributed by atoms with van der Waals surface area (Å²) in [6.45, 7) is 0.369. The summed E-state index contributed by atoms with van der Waals surface area (Å²) in [7, 11) is 0. The molecule has 4 aliphatic carbocycles. The van der Waals surface area contributed by atoms with Gasteiger partial charge < -0.3 is 4.74 Å². The summed E-state index contributed by atoms with van der Waals surface area (Å²) in [5.74, 6) is 1.26. The van der Waals surface area contributed by atoms with E-state index in [0.29, 0.717) is 18.3 Å². The maximum atomic E-state index is 12.1. The second kappa shape index (κ2) is 6.25. The highest BCUT2D eigenvalue weighted by Crippen LogP contribution is 2.59. The molecule has 4 aliphatic rings. The number of halogens is 2. The molecule has 3 nitrogen and oxygen atoms in total. The molecule has 2 unspecified atom stereocenters. The number of Topliss-reactive ketones (excluding diaryl/α,β-unsaturated/α-hetero) is 1. The van der Waals surface area contributed by atoms with Crippen molar-refractivity contribution in [3.63, 3.8) is 0 Å². The molecule has 5 heteroatoms. The van der Waals surface area contributed by atoms with Gasteiger partial charge in [0.2, 0.25) is 6.43 Å². The molecule has 22 heavy (non-hydrogen) atoms. The molecular formula is C17H24F2O3. The molecule has 0 spiro atoms. The number of ether oxygens (including phenoxy) is 1. The largest absolute Gasteiger partial charge is 0.466 e. The lowest BCUT2D eigenvalue weighted by molar-refractivity contribution is -0.153. The van der Waals surface area contributed by atoms with Crippen LogP contribution in [-0.2, 0) is 14.3 Å². The number of hydrogen-bond acceptors (Lipinski definition) is 3. The van der Waals surface area contributed by atoms with Crippen LogP contribution in [0.2, 0.25) is 0 Å². The fraction of sp³-hybridized carbons (Fsp3) is 0.882. The highest BCUT2D eigenvalue weighted by Gasteiger charge is 2.54. The van der Waals surface area contributed by atoms with Crippen molar-refractivity contribution in [1.29, 1.82) is 0 Å². The fourth-order valence-corrected chi connectivity index (χ4v) is 5.07. The SMILES string of the molecule is O=C(CCCC(F)F)OCCC12CC3CC(C1)C(=O)C(C3)C2. The highest BCUT2D eigenvalue weighted by molar-refractivity contribution is 5.85. The van der Waals surface area contributed by atoms with Crippen molar-refractivity contribution >= 4 is 11.8 Å². The van der Waals surface area contributed by atoms with Crippen molar-refractivity contribution < 1.29 is 23.1 Å². The first kappa shape index (κ1) is 15.9. The summed E-state index contributed by atoms with van der Waals surface area (Å²) in [5, 5.41) is 0. The minimum Gasteiger partial charge on any atom is -0.466 e. The van der Waals surface area contributed by atoms with Gasteiger partial charge in [-0.05, 0) is 56.3 Å². The van der Waals surface area contributed by atoms with E-state index in [4.69, 9.17) is 4.74 Å². The van der Waals surface area contributed by atoms with Crippen molar-refractivity contribution in [2.45, 2.75) is 64.2 Å². The van der Waals surface area contributed by atoms with E-state index in [-0.39, 0.29) is 42.5 Å². The third-order valence-electron chi connectivity index (χ3n) is 5.82. The van der Waals surface area contributed by atoms with E-state index in [1.54, 1.807) is 0 Å². The first-order valence-electron chi connectivity index (χ1n) is 8.45. The van der Waals surface area contributed by atoms with E-state index in [1.807, 2.05) is 0 Å². The van der Waals surface area contributed by atoms with Crippen LogP contribution in [0.3, 0.4) is 0 Å². The molecule has 124 valence electrons. The first-order chi connectivity index (χ1) is 10.5. The van der Waals surface area contributed by atoms with Gasteiger partial charge >= 0.3 is 5.97 Å². The van der Waals surface area contributed by atoms with Gasteiger partial charge in [-0.1, -0.05) is 0 Å². The molecule has 2 atom stereocenters. The van der Waals surface area contributed by atoms with Crippen LogP contribution in [0.4, 0.5) is 8.78 Å². The van der Waals surface area contributed by atoms with Crippen LogP contribution in [0.5, 0.6) is 0 Å². The maximum absolute atomic E-state index is 12.1. The Morgan fingerprint density at radius 3 is 2.55 bits per heavy atom. The Morgan fingerprint density at radius 1 is 1.23 bits per heavy atom. The van der Waals surface area contributed by atoms with E-state index in [2.05, 4.69) is 0 Å². The Kier molecular flexibility index (Phi) is 4.51. The van der Waals surface area contributed by atoms with Crippen molar-refractivity contribution in [3.05, 3.63) is 0 Å². The summed E-state index contributed by atoms with van der Waals surface area (Å²) >= 11 is 0. The van der Waals surface area contributed by atoms with Gasteiger partial charge in [-0.3, -0.25) is 9.59 Å². The first-order valence-corrected chi connectivity index (χ1v) is 8.45. The van der Waals surface area contributed by atoms with Crippen molar-refractivity contribution in [2.75, 3.05) is 6.61 Å². The molecule has 0 aromatic rings. The number of carbonyl (C=O) groups is 2. The summed E-state index contributed by atoms with van der Waals surface area (Å²) in [6, 6.07) is 0. The minimum atomic E-state index is -2.35. The van der Waals surface area contributed by atoms with Gasteiger partial charge in [0, 0.05) is 24.7 Å². The lowest BCUT2D eigenvalue weighted by Crippen LogP contribution is -2.51. The molecule has 0 N–H and O–H groups in total. The van der Waals surface area contributed by atoms with Gasteiger partial charge in [-0.2, -0.15) is 0 Å². The van der Waals surface area contributed by atoms with Crippen molar-refractivity contribution in [1.82, 2.24) is 0 Å². The van der Waals surface area contributed by atoms with Crippen LogP contribution >= 0.6 is 0 Å². The normalized spacial score (nSPS) is 36.1. The number of alkyl halides is 2. The van der Waals surface area contributed by atoms with Crippen molar-refractivity contribution in [3.8, 4) is 0 Å². The third kappa shape index (κ3) is 3.33. The Bertz CT molecular complexity index is 431. The molecule has 0 saturated heterocycles. The quantitative estimate of drug-likeness (QED) is 0.672. The van der Waals surface area contributed by atoms with Gasteiger partial charge in [0.15, 0.2) is 0 Å². The molecule has 0 heterocycles. The average molecular weight is 314 g/mol. The Hall–Kier alpha value is -1.00. The number of carbonyl (C=O) groups excluding carboxylic acids is 2. The third-order valence-corrected chi connectivity index (χ3v) is 5.82. The molecule has 4 saturated carbocycles. The average Bonchev–Trinajstić information content (AvgIpc) is 2.43. The minimum absolute atomic E-state index is 0.0731. The van der Waals surface area contributed by atoms with E-state index >= 15 is 0 Å². The number of rotatable bonds is 7. The second-order valence-electron chi connectivity index (χ2n) is 7.50. The van der Waals surface area contributed by atoms with Gasteiger partial charge in [0.05, 0.1) is 6.61 Å². The molecule has 0 aromatic carbocycles. The fourth-order valence-electron chi connectivity index (χ4n) is 5.07. The standard InChI is InChI=1S/C17H24F2O3/c18-14(19)2-1-3-15(20)22-5-4-17-8-11-6-12(9-17)16(21)13(7-11)10-17/h11-14H,1-10H2. The monoisotopic (exact) mass is 314 g/mol. The van der Waals surface area contributed by atoms with E-state index < -0.39 is 6.43 Å². The summed E-state index contributed by atoms with van der Waals surface area (Å²) in [4.78, 5) is 23.7. The number of esters is 1. The zero-order valence-electron chi connectivity index (χ0n) is 12.9. The molecule has 0 aliphatic heterocycles. The molecular weight excluding hydrogens is 290 g/mol. The Morgan fingerprint density at radius 2 is 1.91 bits per heavy atom. The lowest BCUT2D eigenvalue weighted by Gasteiger charge is -2.55. The molecule has 0 radical (unpaired) electrons. The lowest BCUT2D eigenvalue weighted by atomic mass is 9.48. The predicted octanol–water partition coefficient (Wildman–Crippen LogP) is 3.75. The van der Waals surface area contributed by atoms with Crippen LogP contribution in [-0.4, -0.2) is 24.8 Å². The summed E-state index contributed by atoms with van der Waals surface area (Å²) in [6.07, 6.45) is 3.69. The van der Waals surface area contributed by atoms with Crippen LogP contribution < -0.4 is 0 Å². The molecule has 4 bridgehead atoms. The van der Waals surface area contributed by atoms with Crippen LogP contribution in [0.25, 0.3) is 0 Å². The van der Waals surface area contributed by atoms with Gasteiger partial charge in [-0.25, -0.2) is 8.78 Å². The number of ketones is 1. The molecule has 0 aromatic heterocycles. The Labute approximate surface area is 129 Å². The van der Waals surface area contributed by atoms with E-state index in [9.17, 15) is 18.4 Å². The van der Waals surface area contributed by atoms with Crippen LogP contribution in [0.15, 0.2) is 0 Å². The second-order valence-corrected chi connectivity index (χ2v) is 7.50. The zero-order chi connectivity index (χ0) is 15.7. The summed E-state index contributed by atoms with van der Waals surface area (Å²) in [5.41, 5.74) is 0.188.